The Bertz CT molecular complexity index is 386. The summed E-state index contributed by atoms with van der Waals surface area (Å²) in [5, 5.41) is 3.04. The van der Waals surface area contributed by atoms with E-state index in [1.54, 1.807) is 0 Å². The van der Waals surface area contributed by atoms with Crippen molar-refractivity contribution >= 4 is 21.8 Å². The molecule has 0 radical (unpaired) electrons. The summed E-state index contributed by atoms with van der Waals surface area (Å²) in [4.78, 5) is 11.9. The van der Waals surface area contributed by atoms with E-state index in [0.717, 1.165) is 22.9 Å². The lowest BCUT2D eigenvalue weighted by Crippen LogP contribution is -2.31. The molecule has 0 bridgehead atoms. The summed E-state index contributed by atoms with van der Waals surface area (Å²) >= 11 is 3.43. The molecule has 2 nitrogen and oxygen atoms in total. The molecule has 0 aromatic heterocycles. The van der Waals surface area contributed by atoms with Gasteiger partial charge < -0.3 is 5.32 Å². The zero-order valence-corrected chi connectivity index (χ0v) is 11.5. The predicted octanol–water partition coefficient (Wildman–Crippen LogP) is 3.65. The van der Waals surface area contributed by atoms with Crippen molar-refractivity contribution in [1.82, 2.24) is 5.32 Å². The molecule has 1 aliphatic carbocycles. The lowest BCUT2D eigenvalue weighted by molar-refractivity contribution is -0.126. The fourth-order valence-electron chi connectivity index (χ4n) is 2.35. The minimum Gasteiger partial charge on any atom is -0.352 e. The van der Waals surface area contributed by atoms with Gasteiger partial charge in [-0.15, -0.1) is 0 Å². The average Bonchev–Trinajstić information content (AvgIpc) is 2.37. The summed E-state index contributed by atoms with van der Waals surface area (Å²) in [5.41, 5.74) is 1.14. The Hall–Kier alpha value is -0.830. The van der Waals surface area contributed by atoms with Crippen LogP contribution in [0.1, 0.15) is 37.7 Å². The van der Waals surface area contributed by atoms with Crippen LogP contribution >= 0.6 is 15.9 Å². The SMILES string of the molecule is O=C(NCc1cccc(Br)c1)C1CCCCC1. The van der Waals surface area contributed by atoms with Crippen molar-refractivity contribution in [3.05, 3.63) is 34.3 Å². The van der Waals surface area contributed by atoms with E-state index in [-0.39, 0.29) is 11.8 Å². The van der Waals surface area contributed by atoms with E-state index in [4.69, 9.17) is 0 Å². The number of carbonyl (C=O) groups is 1. The molecule has 17 heavy (non-hydrogen) atoms. The van der Waals surface area contributed by atoms with E-state index in [1.165, 1.54) is 19.3 Å². The third-order valence-electron chi connectivity index (χ3n) is 3.33. The first-order valence-electron chi connectivity index (χ1n) is 6.28. The van der Waals surface area contributed by atoms with E-state index in [9.17, 15) is 4.79 Å². The van der Waals surface area contributed by atoms with E-state index in [2.05, 4.69) is 21.2 Å². The van der Waals surface area contributed by atoms with Crippen LogP contribution in [0.4, 0.5) is 0 Å². The second-order valence-electron chi connectivity index (χ2n) is 4.68. The Morgan fingerprint density at radius 3 is 2.76 bits per heavy atom. The number of carbonyl (C=O) groups excluding carboxylic acids is 1. The van der Waals surface area contributed by atoms with Crippen molar-refractivity contribution in [3.8, 4) is 0 Å². The van der Waals surface area contributed by atoms with Crippen molar-refractivity contribution in [2.75, 3.05) is 0 Å². The van der Waals surface area contributed by atoms with Crippen LogP contribution in [0.5, 0.6) is 0 Å². The molecule has 2 rings (SSSR count). The summed E-state index contributed by atoms with van der Waals surface area (Å²) in [6.07, 6.45) is 5.81. The zero-order valence-electron chi connectivity index (χ0n) is 9.92. The van der Waals surface area contributed by atoms with Crippen molar-refractivity contribution in [2.45, 2.75) is 38.6 Å². The first-order valence-corrected chi connectivity index (χ1v) is 7.07. The zero-order chi connectivity index (χ0) is 12.1. The van der Waals surface area contributed by atoms with E-state index >= 15 is 0 Å². The van der Waals surface area contributed by atoms with Gasteiger partial charge in [-0.25, -0.2) is 0 Å². The van der Waals surface area contributed by atoms with Crippen LogP contribution in [0.25, 0.3) is 0 Å². The molecule has 1 fully saturated rings. The maximum absolute atomic E-state index is 11.9. The van der Waals surface area contributed by atoms with Crippen LogP contribution in [0.15, 0.2) is 28.7 Å². The molecular formula is C14H18BrNO. The Morgan fingerprint density at radius 2 is 2.06 bits per heavy atom. The van der Waals surface area contributed by atoms with Gasteiger partial charge in [-0.3, -0.25) is 4.79 Å². The van der Waals surface area contributed by atoms with Gasteiger partial charge in [0.2, 0.25) is 5.91 Å². The fourth-order valence-corrected chi connectivity index (χ4v) is 2.79. The maximum atomic E-state index is 11.9. The second-order valence-corrected chi connectivity index (χ2v) is 5.60. The number of benzene rings is 1. The molecule has 1 N–H and O–H groups in total. The third-order valence-corrected chi connectivity index (χ3v) is 3.82. The highest BCUT2D eigenvalue weighted by Crippen LogP contribution is 2.23. The molecule has 0 spiro atoms. The monoisotopic (exact) mass is 295 g/mol. The molecule has 0 saturated heterocycles. The summed E-state index contributed by atoms with van der Waals surface area (Å²) in [5.74, 6) is 0.473. The van der Waals surface area contributed by atoms with Crippen molar-refractivity contribution in [1.29, 1.82) is 0 Å². The topological polar surface area (TPSA) is 29.1 Å². The van der Waals surface area contributed by atoms with E-state index in [0.29, 0.717) is 6.54 Å². The van der Waals surface area contributed by atoms with Gasteiger partial charge in [0.05, 0.1) is 0 Å². The minimum absolute atomic E-state index is 0.227. The Morgan fingerprint density at radius 1 is 1.29 bits per heavy atom. The van der Waals surface area contributed by atoms with E-state index < -0.39 is 0 Å². The summed E-state index contributed by atoms with van der Waals surface area (Å²) in [6.45, 7) is 0.634. The van der Waals surface area contributed by atoms with Crippen LogP contribution in [-0.2, 0) is 11.3 Å². The van der Waals surface area contributed by atoms with Crippen molar-refractivity contribution in [2.24, 2.45) is 5.92 Å². The highest BCUT2D eigenvalue weighted by atomic mass is 79.9. The van der Waals surface area contributed by atoms with Crippen LogP contribution in [-0.4, -0.2) is 5.91 Å². The predicted molar refractivity (Wildman–Crippen MR) is 72.6 cm³/mol. The molecule has 1 aromatic carbocycles. The standard InChI is InChI=1S/C14H18BrNO/c15-13-8-4-5-11(9-13)10-16-14(17)12-6-2-1-3-7-12/h4-5,8-9,12H,1-3,6-7,10H2,(H,16,17). The molecule has 92 valence electrons. The number of hydrogen-bond acceptors (Lipinski definition) is 1. The molecule has 1 aliphatic rings. The average molecular weight is 296 g/mol. The molecule has 1 amide bonds. The maximum Gasteiger partial charge on any atom is 0.223 e. The van der Waals surface area contributed by atoms with Gasteiger partial charge in [-0.2, -0.15) is 0 Å². The number of rotatable bonds is 3. The van der Waals surface area contributed by atoms with E-state index in [1.807, 2.05) is 24.3 Å². The number of nitrogens with one attached hydrogen (secondary N) is 1. The van der Waals surface area contributed by atoms with Gasteiger partial charge in [-0.05, 0) is 30.5 Å². The molecule has 0 aliphatic heterocycles. The van der Waals surface area contributed by atoms with Crippen LogP contribution in [0, 0.1) is 5.92 Å². The van der Waals surface area contributed by atoms with Gasteiger partial charge in [-0.1, -0.05) is 47.3 Å². The third kappa shape index (κ3) is 3.84. The highest BCUT2D eigenvalue weighted by molar-refractivity contribution is 9.10. The van der Waals surface area contributed by atoms with Gasteiger partial charge in [0, 0.05) is 16.9 Å². The van der Waals surface area contributed by atoms with Crippen LogP contribution in [0.3, 0.4) is 0 Å². The summed E-state index contributed by atoms with van der Waals surface area (Å²) < 4.78 is 1.06. The fraction of sp³-hybridized carbons (Fsp3) is 0.500. The molecule has 3 heteroatoms. The highest BCUT2D eigenvalue weighted by Gasteiger charge is 2.20. The Kier molecular flexibility index (Phi) is 4.60. The first-order chi connectivity index (χ1) is 8.25. The molecule has 0 atom stereocenters. The summed E-state index contributed by atoms with van der Waals surface area (Å²) in [6, 6.07) is 8.06. The Labute approximate surface area is 111 Å². The molecular weight excluding hydrogens is 278 g/mol. The molecule has 0 unspecified atom stereocenters. The van der Waals surface area contributed by atoms with Gasteiger partial charge >= 0.3 is 0 Å². The largest absolute Gasteiger partial charge is 0.352 e. The quantitative estimate of drug-likeness (QED) is 0.906. The second kappa shape index (κ2) is 6.20. The molecule has 1 aromatic rings. The van der Waals surface area contributed by atoms with Crippen molar-refractivity contribution < 1.29 is 4.79 Å². The van der Waals surface area contributed by atoms with Gasteiger partial charge in [0.15, 0.2) is 0 Å². The summed E-state index contributed by atoms with van der Waals surface area (Å²) in [7, 11) is 0. The van der Waals surface area contributed by atoms with Crippen molar-refractivity contribution in [3.63, 3.8) is 0 Å². The van der Waals surface area contributed by atoms with Crippen LogP contribution in [0.2, 0.25) is 0 Å². The number of amides is 1. The minimum atomic E-state index is 0.227. The molecule has 0 heterocycles. The van der Waals surface area contributed by atoms with Crippen LogP contribution < -0.4 is 5.32 Å². The lowest BCUT2D eigenvalue weighted by atomic mass is 9.88. The first kappa shape index (κ1) is 12.6. The smallest absolute Gasteiger partial charge is 0.223 e. The number of halogens is 1. The lowest BCUT2D eigenvalue weighted by Gasteiger charge is -2.20. The van der Waals surface area contributed by atoms with Gasteiger partial charge in [0.1, 0.15) is 0 Å². The normalized spacial score (nSPS) is 16.8. The molecule has 1 saturated carbocycles. The number of hydrogen-bond donors (Lipinski definition) is 1. The Balaban J connectivity index is 1.83. The van der Waals surface area contributed by atoms with Gasteiger partial charge in [0.25, 0.3) is 0 Å².